The van der Waals surface area contributed by atoms with E-state index < -0.39 is 0 Å². The SMILES string of the molecule is Fc1cnccc1CNCCc1ccc2[nH]ccc2c1. The average molecular weight is 269 g/mol. The van der Waals surface area contributed by atoms with Crippen LogP contribution in [0.15, 0.2) is 48.9 Å². The number of rotatable bonds is 5. The molecule has 20 heavy (non-hydrogen) atoms. The molecule has 3 aromatic rings. The normalized spacial score (nSPS) is 11.1. The van der Waals surface area contributed by atoms with Gasteiger partial charge in [-0.25, -0.2) is 4.39 Å². The van der Waals surface area contributed by atoms with Crippen LogP contribution in [-0.4, -0.2) is 16.5 Å². The smallest absolute Gasteiger partial charge is 0.145 e. The van der Waals surface area contributed by atoms with Crippen molar-refractivity contribution in [1.82, 2.24) is 15.3 Å². The summed E-state index contributed by atoms with van der Waals surface area (Å²) in [4.78, 5) is 6.92. The number of hydrogen-bond acceptors (Lipinski definition) is 2. The standard InChI is InChI=1S/C16H16FN3/c17-15-11-19-7-4-14(15)10-18-6-3-12-1-2-16-13(9-12)5-8-20-16/h1-2,4-5,7-9,11,18,20H,3,6,10H2. The van der Waals surface area contributed by atoms with Crippen molar-refractivity contribution in [2.75, 3.05) is 6.54 Å². The summed E-state index contributed by atoms with van der Waals surface area (Å²) in [6, 6.07) is 10.2. The Kier molecular flexibility index (Phi) is 3.74. The van der Waals surface area contributed by atoms with Crippen LogP contribution in [0.1, 0.15) is 11.1 Å². The van der Waals surface area contributed by atoms with Gasteiger partial charge < -0.3 is 10.3 Å². The third kappa shape index (κ3) is 2.86. The molecule has 3 nitrogen and oxygen atoms in total. The van der Waals surface area contributed by atoms with Gasteiger partial charge in [-0.15, -0.1) is 0 Å². The lowest BCUT2D eigenvalue weighted by Crippen LogP contribution is -2.17. The fraction of sp³-hybridized carbons (Fsp3) is 0.188. The van der Waals surface area contributed by atoms with E-state index in [-0.39, 0.29) is 5.82 Å². The fourth-order valence-corrected chi connectivity index (χ4v) is 2.26. The number of nitrogens with one attached hydrogen (secondary N) is 2. The molecule has 0 amide bonds. The largest absolute Gasteiger partial charge is 0.361 e. The Morgan fingerprint density at radius 3 is 3.05 bits per heavy atom. The summed E-state index contributed by atoms with van der Waals surface area (Å²) in [7, 11) is 0. The number of aromatic nitrogens is 2. The van der Waals surface area contributed by atoms with Crippen LogP contribution < -0.4 is 5.32 Å². The number of pyridine rings is 1. The average Bonchev–Trinajstić information content (AvgIpc) is 2.93. The second-order valence-electron chi connectivity index (χ2n) is 4.79. The third-order valence-electron chi connectivity index (χ3n) is 3.38. The number of nitrogens with zero attached hydrogens (tertiary/aromatic N) is 1. The van der Waals surface area contributed by atoms with Crippen molar-refractivity contribution in [3.05, 3.63) is 65.9 Å². The molecule has 0 spiro atoms. The molecule has 0 saturated heterocycles. The van der Waals surface area contributed by atoms with Crippen molar-refractivity contribution in [2.24, 2.45) is 0 Å². The first kappa shape index (κ1) is 12.8. The van der Waals surface area contributed by atoms with Gasteiger partial charge in [-0.2, -0.15) is 0 Å². The van der Waals surface area contributed by atoms with Crippen LogP contribution in [0, 0.1) is 5.82 Å². The highest BCUT2D eigenvalue weighted by Gasteiger charge is 2.01. The summed E-state index contributed by atoms with van der Waals surface area (Å²) in [6.07, 6.45) is 5.73. The van der Waals surface area contributed by atoms with Gasteiger partial charge in [-0.1, -0.05) is 6.07 Å². The first-order valence-electron chi connectivity index (χ1n) is 6.68. The van der Waals surface area contributed by atoms with E-state index >= 15 is 0 Å². The van der Waals surface area contributed by atoms with Crippen LogP contribution in [0.4, 0.5) is 4.39 Å². The van der Waals surface area contributed by atoms with Crippen LogP contribution in [0.3, 0.4) is 0 Å². The fourth-order valence-electron chi connectivity index (χ4n) is 2.26. The van der Waals surface area contributed by atoms with Gasteiger partial charge in [0.25, 0.3) is 0 Å². The highest BCUT2D eigenvalue weighted by Crippen LogP contribution is 2.14. The molecule has 1 aromatic carbocycles. The number of H-pyrrole nitrogens is 1. The number of halogens is 1. The predicted octanol–water partition coefficient (Wildman–Crippen LogP) is 3.03. The Labute approximate surface area is 116 Å². The quantitative estimate of drug-likeness (QED) is 0.699. The van der Waals surface area contributed by atoms with Gasteiger partial charge in [0, 0.05) is 30.0 Å². The van der Waals surface area contributed by atoms with Crippen LogP contribution in [0.5, 0.6) is 0 Å². The predicted molar refractivity (Wildman–Crippen MR) is 77.9 cm³/mol. The molecule has 0 unspecified atom stereocenters. The summed E-state index contributed by atoms with van der Waals surface area (Å²) in [6.45, 7) is 1.35. The van der Waals surface area contributed by atoms with Crippen LogP contribution >= 0.6 is 0 Å². The summed E-state index contributed by atoms with van der Waals surface area (Å²) < 4.78 is 13.4. The molecular weight excluding hydrogens is 253 g/mol. The van der Waals surface area contributed by atoms with Crippen molar-refractivity contribution in [3.8, 4) is 0 Å². The number of hydrogen-bond donors (Lipinski definition) is 2. The zero-order valence-corrected chi connectivity index (χ0v) is 11.1. The minimum absolute atomic E-state index is 0.256. The van der Waals surface area contributed by atoms with Crippen molar-refractivity contribution < 1.29 is 4.39 Å². The zero-order valence-electron chi connectivity index (χ0n) is 11.1. The lowest BCUT2D eigenvalue weighted by atomic mass is 10.1. The molecule has 0 saturated carbocycles. The van der Waals surface area contributed by atoms with Gasteiger partial charge in [-0.3, -0.25) is 4.98 Å². The van der Waals surface area contributed by atoms with Gasteiger partial charge >= 0.3 is 0 Å². The van der Waals surface area contributed by atoms with E-state index in [0.29, 0.717) is 12.1 Å². The first-order chi connectivity index (χ1) is 9.83. The molecule has 2 heterocycles. The van der Waals surface area contributed by atoms with E-state index in [1.54, 1.807) is 12.3 Å². The molecule has 0 bridgehead atoms. The minimum atomic E-state index is -0.256. The number of benzene rings is 1. The maximum Gasteiger partial charge on any atom is 0.145 e. The van der Waals surface area contributed by atoms with E-state index in [4.69, 9.17) is 0 Å². The topological polar surface area (TPSA) is 40.7 Å². The van der Waals surface area contributed by atoms with E-state index in [1.165, 1.54) is 17.1 Å². The Morgan fingerprint density at radius 1 is 1.20 bits per heavy atom. The minimum Gasteiger partial charge on any atom is -0.361 e. The molecule has 0 aliphatic heterocycles. The molecule has 0 aliphatic carbocycles. The van der Waals surface area contributed by atoms with Crippen molar-refractivity contribution in [2.45, 2.75) is 13.0 Å². The van der Waals surface area contributed by atoms with E-state index in [1.807, 2.05) is 6.20 Å². The highest BCUT2D eigenvalue weighted by atomic mass is 19.1. The number of fused-ring (bicyclic) bond motifs is 1. The van der Waals surface area contributed by atoms with Crippen molar-refractivity contribution >= 4 is 10.9 Å². The van der Waals surface area contributed by atoms with Crippen LogP contribution in [0.25, 0.3) is 10.9 Å². The molecule has 3 rings (SSSR count). The summed E-state index contributed by atoms with van der Waals surface area (Å²) >= 11 is 0. The van der Waals surface area contributed by atoms with Gasteiger partial charge in [-0.05, 0) is 48.2 Å². The summed E-state index contributed by atoms with van der Waals surface area (Å²) in [5.41, 5.74) is 3.08. The molecular formula is C16H16FN3. The van der Waals surface area contributed by atoms with E-state index in [9.17, 15) is 4.39 Å². The van der Waals surface area contributed by atoms with E-state index in [2.05, 4.69) is 39.6 Å². The molecule has 102 valence electrons. The number of aromatic amines is 1. The van der Waals surface area contributed by atoms with Gasteiger partial charge in [0.1, 0.15) is 5.82 Å². The van der Waals surface area contributed by atoms with Crippen LogP contribution in [-0.2, 0) is 13.0 Å². The monoisotopic (exact) mass is 269 g/mol. The zero-order chi connectivity index (χ0) is 13.8. The van der Waals surface area contributed by atoms with Crippen molar-refractivity contribution in [1.29, 1.82) is 0 Å². The van der Waals surface area contributed by atoms with E-state index in [0.717, 1.165) is 18.5 Å². The Hall–Kier alpha value is -2.20. The second-order valence-corrected chi connectivity index (χ2v) is 4.79. The van der Waals surface area contributed by atoms with Gasteiger partial charge in [0.05, 0.1) is 6.20 Å². The Morgan fingerprint density at radius 2 is 2.15 bits per heavy atom. The molecule has 2 aromatic heterocycles. The Balaban J connectivity index is 1.53. The van der Waals surface area contributed by atoms with Crippen molar-refractivity contribution in [3.63, 3.8) is 0 Å². The summed E-state index contributed by atoms with van der Waals surface area (Å²) in [5.74, 6) is -0.256. The summed E-state index contributed by atoms with van der Waals surface area (Å²) in [5, 5.41) is 4.48. The second kappa shape index (κ2) is 5.84. The van der Waals surface area contributed by atoms with Gasteiger partial charge in [0.2, 0.25) is 0 Å². The molecule has 4 heteroatoms. The maximum atomic E-state index is 13.4. The lowest BCUT2D eigenvalue weighted by Gasteiger charge is -2.06. The molecule has 0 atom stereocenters. The molecule has 0 aliphatic rings. The van der Waals surface area contributed by atoms with Gasteiger partial charge in [0.15, 0.2) is 0 Å². The molecule has 2 N–H and O–H groups in total. The first-order valence-corrected chi connectivity index (χ1v) is 6.68. The van der Waals surface area contributed by atoms with Crippen LogP contribution in [0.2, 0.25) is 0 Å². The molecule has 0 fully saturated rings. The molecule has 0 radical (unpaired) electrons. The maximum absolute atomic E-state index is 13.4. The highest BCUT2D eigenvalue weighted by molar-refractivity contribution is 5.79. The third-order valence-corrected chi connectivity index (χ3v) is 3.38. The Bertz CT molecular complexity index is 706. The lowest BCUT2D eigenvalue weighted by molar-refractivity contribution is 0.583.